The maximum Gasteiger partial charge on any atom is 0.234 e. The zero-order valence-corrected chi connectivity index (χ0v) is 17.3. The van der Waals surface area contributed by atoms with E-state index in [9.17, 15) is 4.79 Å². The Morgan fingerprint density at radius 3 is 2.00 bits per heavy atom. The Morgan fingerprint density at radius 2 is 1.45 bits per heavy atom. The van der Waals surface area contributed by atoms with Gasteiger partial charge in [0.2, 0.25) is 5.91 Å². The molecule has 0 spiro atoms. The number of hydrogen-bond donors (Lipinski definition) is 0. The van der Waals surface area contributed by atoms with Gasteiger partial charge in [0.05, 0.1) is 19.1 Å². The van der Waals surface area contributed by atoms with Crippen LogP contribution in [-0.2, 0) is 9.53 Å². The summed E-state index contributed by atoms with van der Waals surface area (Å²) in [7, 11) is 0. The number of hydrogen-bond acceptors (Lipinski definition) is 2. The maximum absolute atomic E-state index is 13.6. The van der Waals surface area contributed by atoms with E-state index >= 15 is 0 Å². The van der Waals surface area contributed by atoms with Crippen molar-refractivity contribution >= 4 is 29.1 Å². The molecule has 0 aliphatic carbocycles. The van der Waals surface area contributed by atoms with Crippen molar-refractivity contribution in [3.8, 4) is 0 Å². The van der Waals surface area contributed by atoms with Crippen LogP contribution < -0.4 is 0 Å². The summed E-state index contributed by atoms with van der Waals surface area (Å²) in [5.74, 6) is -0.275. The monoisotopic (exact) mass is 425 g/mol. The largest absolute Gasteiger partial charge is 0.370 e. The summed E-state index contributed by atoms with van der Waals surface area (Å²) in [5.41, 5.74) is 2.85. The molecule has 0 N–H and O–H groups in total. The van der Waals surface area contributed by atoms with Crippen molar-refractivity contribution in [2.45, 2.75) is 12.0 Å². The molecular weight excluding hydrogens is 405 g/mol. The normalized spacial score (nSPS) is 16.8. The van der Waals surface area contributed by atoms with Crippen molar-refractivity contribution in [2.75, 3.05) is 19.7 Å². The van der Waals surface area contributed by atoms with Crippen LogP contribution in [0.15, 0.2) is 78.9 Å². The molecule has 5 heteroatoms. The van der Waals surface area contributed by atoms with Gasteiger partial charge in [-0.25, -0.2) is 0 Å². The van der Waals surface area contributed by atoms with Gasteiger partial charge in [-0.2, -0.15) is 0 Å². The highest BCUT2D eigenvalue weighted by Crippen LogP contribution is 2.31. The van der Waals surface area contributed by atoms with E-state index in [2.05, 4.69) is 0 Å². The third-order valence-corrected chi connectivity index (χ3v) is 5.58. The first-order valence-corrected chi connectivity index (χ1v) is 10.3. The molecule has 4 rings (SSSR count). The van der Waals surface area contributed by atoms with Crippen molar-refractivity contribution in [1.82, 2.24) is 4.90 Å². The number of ether oxygens (including phenoxy) is 1. The molecule has 1 aliphatic heterocycles. The Balaban J connectivity index is 1.62. The Hall–Kier alpha value is -2.33. The topological polar surface area (TPSA) is 29.5 Å². The minimum Gasteiger partial charge on any atom is -0.370 e. The molecule has 148 valence electrons. The zero-order valence-electron chi connectivity index (χ0n) is 15.8. The molecule has 1 unspecified atom stereocenters. The number of carbonyl (C=O) groups excluding carboxylic acids is 1. The molecule has 0 bridgehead atoms. The van der Waals surface area contributed by atoms with Crippen molar-refractivity contribution in [1.29, 1.82) is 0 Å². The van der Waals surface area contributed by atoms with Crippen LogP contribution in [0.25, 0.3) is 0 Å². The number of amides is 1. The van der Waals surface area contributed by atoms with E-state index in [4.69, 9.17) is 27.9 Å². The van der Waals surface area contributed by atoms with Crippen LogP contribution in [0.2, 0.25) is 10.0 Å². The summed E-state index contributed by atoms with van der Waals surface area (Å²) in [6.45, 7) is 1.49. The van der Waals surface area contributed by atoms with E-state index in [1.807, 2.05) is 77.7 Å². The van der Waals surface area contributed by atoms with E-state index < -0.39 is 0 Å². The van der Waals surface area contributed by atoms with Crippen molar-refractivity contribution in [3.05, 3.63) is 106 Å². The lowest BCUT2D eigenvalue weighted by molar-refractivity contribution is -0.139. The summed E-state index contributed by atoms with van der Waals surface area (Å²) in [6, 6.07) is 25.2. The van der Waals surface area contributed by atoms with E-state index in [1.165, 1.54) is 0 Å². The molecular formula is C24H21Cl2NO2. The second-order valence-corrected chi connectivity index (χ2v) is 7.97. The highest BCUT2D eigenvalue weighted by atomic mass is 35.5. The zero-order chi connectivity index (χ0) is 20.2. The van der Waals surface area contributed by atoms with E-state index in [1.54, 1.807) is 6.07 Å². The van der Waals surface area contributed by atoms with Crippen LogP contribution in [0.1, 0.15) is 28.7 Å². The first-order valence-electron chi connectivity index (χ1n) is 9.58. The number of morpholine rings is 1. The second-order valence-electron chi connectivity index (χ2n) is 7.10. The molecule has 3 nitrogen and oxygen atoms in total. The summed E-state index contributed by atoms with van der Waals surface area (Å²) in [4.78, 5) is 15.5. The van der Waals surface area contributed by atoms with Gasteiger partial charge in [0.1, 0.15) is 6.10 Å². The molecule has 0 aromatic heterocycles. The van der Waals surface area contributed by atoms with Crippen molar-refractivity contribution in [3.63, 3.8) is 0 Å². The lowest BCUT2D eigenvalue weighted by Gasteiger charge is -2.35. The van der Waals surface area contributed by atoms with Gasteiger partial charge in [0.25, 0.3) is 0 Å². The molecule has 1 atom stereocenters. The van der Waals surface area contributed by atoms with Crippen LogP contribution in [0.3, 0.4) is 0 Å². The second kappa shape index (κ2) is 9.00. The summed E-state index contributed by atoms with van der Waals surface area (Å²) in [5, 5.41) is 1.12. The number of nitrogens with zero attached hydrogens (tertiary/aromatic N) is 1. The first kappa shape index (κ1) is 20.0. The molecule has 0 saturated carbocycles. The molecule has 29 heavy (non-hydrogen) atoms. The fourth-order valence-corrected chi connectivity index (χ4v) is 4.31. The quantitative estimate of drug-likeness (QED) is 0.534. The first-order chi connectivity index (χ1) is 14.1. The standard InChI is InChI=1S/C24H21Cl2NO2/c25-20-13-19(14-21(26)15-20)22-16-27(11-12-29-22)24(28)23(17-7-3-1-4-8-17)18-9-5-2-6-10-18/h1-10,13-15,22-23H,11-12,16H2. The molecule has 0 radical (unpaired) electrons. The Labute approximate surface area is 180 Å². The number of rotatable bonds is 4. The van der Waals surface area contributed by atoms with Gasteiger partial charge < -0.3 is 9.64 Å². The lowest BCUT2D eigenvalue weighted by Crippen LogP contribution is -2.44. The number of carbonyl (C=O) groups is 1. The fraction of sp³-hybridized carbons (Fsp3) is 0.208. The van der Waals surface area contributed by atoms with Gasteiger partial charge in [0, 0.05) is 16.6 Å². The third-order valence-electron chi connectivity index (χ3n) is 5.15. The van der Waals surface area contributed by atoms with Gasteiger partial charge in [0.15, 0.2) is 0 Å². The molecule has 1 heterocycles. The Morgan fingerprint density at radius 1 is 0.897 bits per heavy atom. The van der Waals surface area contributed by atoms with Crippen LogP contribution in [0, 0.1) is 0 Å². The molecule has 1 fully saturated rings. The highest BCUT2D eigenvalue weighted by Gasteiger charge is 2.32. The average molecular weight is 426 g/mol. The summed E-state index contributed by atoms with van der Waals surface area (Å²) < 4.78 is 5.93. The van der Waals surface area contributed by atoms with Gasteiger partial charge in [-0.3, -0.25) is 4.79 Å². The average Bonchev–Trinajstić information content (AvgIpc) is 2.75. The minimum absolute atomic E-state index is 0.0730. The van der Waals surface area contributed by atoms with Crippen LogP contribution >= 0.6 is 23.2 Å². The van der Waals surface area contributed by atoms with E-state index in [0.717, 1.165) is 16.7 Å². The van der Waals surface area contributed by atoms with E-state index in [0.29, 0.717) is 29.7 Å². The van der Waals surface area contributed by atoms with Crippen molar-refractivity contribution in [2.24, 2.45) is 0 Å². The maximum atomic E-state index is 13.6. The van der Waals surface area contributed by atoms with Gasteiger partial charge in [-0.05, 0) is 34.9 Å². The summed E-state index contributed by atoms with van der Waals surface area (Å²) in [6.07, 6.45) is -0.254. The highest BCUT2D eigenvalue weighted by molar-refractivity contribution is 6.34. The molecule has 1 aliphatic rings. The SMILES string of the molecule is O=C(C(c1ccccc1)c1ccccc1)N1CCOC(c2cc(Cl)cc(Cl)c2)C1. The molecule has 3 aromatic rings. The smallest absolute Gasteiger partial charge is 0.234 e. The fourth-order valence-electron chi connectivity index (χ4n) is 3.76. The van der Waals surface area contributed by atoms with Gasteiger partial charge >= 0.3 is 0 Å². The van der Waals surface area contributed by atoms with Crippen LogP contribution in [-0.4, -0.2) is 30.5 Å². The third kappa shape index (κ3) is 4.64. The minimum atomic E-state index is -0.348. The molecule has 3 aromatic carbocycles. The van der Waals surface area contributed by atoms with Gasteiger partial charge in [-0.15, -0.1) is 0 Å². The van der Waals surface area contributed by atoms with Crippen LogP contribution in [0.4, 0.5) is 0 Å². The van der Waals surface area contributed by atoms with Gasteiger partial charge in [-0.1, -0.05) is 83.9 Å². The van der Waals surface area contributed by atoms with E-state index in [-0.39, 0.29) is 17.9 Å². The lowest BCUT2D eigenvalue weighted by atomic mass is 9.89. The Bertz CT molecular complexity index is 919. The molecule has 1 saturated heterocycles. The predicted octanol–water partition coefficient (Wildman–Crippen LogP) is 5.73. The number of benzene rings is 3. The van der Waals surface area contributed by atoms with Crippen molar-refractivity contribution < 1.29 is 9.53 Å². The predicted molar refractivity (Wildman–Crippen MR) is 116 cm³/mol. The summed E-state index contributed by atoms with van der Waals surface area (Å²) >= 11 is 12.3. The van der Waals surface area contributed by atoms with Crippen LogP contribution in [0.5, 0.6) is 0 Å². The Kier molecular flexibility index (Phi) is 6.19. The molecule has 1 amide bonds. The number of halogens is 2.